The van der Waals surface area contributed by atoms with E-state index >= 15 is 0 Å². The van der Waals surface area contributed by atoms with Crippen LogP contribution in [0.15, 0.2) is 18.2 Å². The van der Waals surface area contributed by atoms with Crippen LogP contribution in [-0.2, 0) is 4.79 Å². The third kappa shape index (κ3) is 3.61. The average molecular weight is 262 g/mol. The predicted octanol–water partition coefficient (Wildman–Crippen LogP) is 0.306. The lowest BCUT2D eigenvalue weighted by Crippen LogP contribution is -2.29. The molecule has 2 amide bonds. The summed E-state index contributed by atoms with van der Waals surface area (Å²) in [7, 11) is 0. The molecule has 6 heteroatoms. The van der Waals surface area contributed by atoms with Gasteiger partial charge in [-0.1, -0.05) is 0 Å². The van der Waals surface area contributed by atoms with Crippen LogP contribution < -0.4 is 22.1 Å². The molecule has 0 aliphatic heterocycles. The number of nitrogens with two attached hydrogens (primary N) is 2. The summed E-state index contributed by atoms with van der Waals surface area (Å²) in [6.45, 7) is 1.13. The highest BCUT2D eigenvalue weighted by molar-refractivity contribution is 5.94. The number of nitrogen functional groups attached to an aromatic ring is 1. The molecule has 0 heterocycles. The zero-order valence-electron chi connectivity index (χ0n) is 10.6. The first-order chi connectivity index (χ1) is 9.08. The second kappa shape index (κ2) is 5.60. The second-order valence-electron chi connectivity index (χ2n) is 4.66. The highest BCUT2D eigenvalue weighted by Gasteiger charge is 2.28. The van der Waals surface area contributed by atoms with Crippen LogP contribution in [0.3, 0.4) is 0 Å². The Hall–Kier alpha value is -2.24. The number of carbonyl (C=O) groups is 2. The fourth-order valence-electron chi connectivity index (χ4n) is 1.75. The zero-order chi connectivity index (χ0) is 13.8. The monoisotopic (exact) mass is 262 g/mol. The van der Waals surface area contributed by atoms with Gasteiger partial charge in [0.15, 0.2) is 0 Å². The van der Waals surface area contributed by atoms with Gasteiger partial charge in [0.25, 0.3) is 0 Å². The van der Waals surface area contributed by atoms with Gasteiger partial charge >= 0.3 is 0 Å². The van der Waals surface area contributed by atoms with E-state index < -0.39 is 5.91 Å². The van der Waals surface area contributed by atoms with Crippen LogP contribution in [0.4, 0.5) is 11.4 Å². The van der Waals surface area contributed by atoms with Gasteiger partial charge in [0.2, 0.25) is 11.8 Å². The predicted molar refractivity (Wildman–Crippen MR) is 73.6 cm³/mol. The van der Waals surface area contributed by atoms with Crippen LogP contribution in [0.25, 0.3) is 0 Å². The Morgan fingerprint density at radius 1 is 1.26 bits per heavy atom. The van der Waals surface area contributed by atoms with Crippen LogP contribution in [0.2, 0.25) is 0 Å². The van der Waals surface area contributed by atoms with Crippen molar-refractivity contribution in [1.29, 1.82) is 0 Å². The van der Waals surface area contributed by atoms with Gasteiger partial charge in [0, 0.05) is 24.6 Å². The SMILES string of the molecule is NC(=O)c1ccc(NCCNC(=O)C2CC2)c(N)c1. The Morgan fingerprint density at radius 3 is 2.58 bits per heavy atom. The number of amides is 2. The number of rotatable bonds is 6. The number of primary amides is 1. The number of hydrogen-bond donors (Lipinski definition) is 4. The normalized spacial score (nSPS) is 13.9. The fourth-order valence-corrected chi connectivity index (χ4v) is 1.75. The lowest BCUT2D eigenvalue weighted by atomic mass is 10.1. The van der Waals surface area contributed by atoms with E-state index in [9.17, 15) is 9.59 Å². The third-order valence-electron chi connectivity index (χ3n) is 3.02. The summed E-state index contributed by atoms with van der Waals surface area (Å²) in [6, 6.07) is 4.86. The van der Waals surface area contributed by atoms with Gasteiger partial charge in [-0.15, -0.1) is 0 Å². The molecule has 1 aliphatic carbocycles. The minimum Gasteiger partial charge on any atom is -0.397 e. The number of anilines is 2. The molecule has 1 fully saturated rings. The minimum atomic E-state index is -0.505. The zero-order valence-corrected chi connectivity index (χ0v) is 10.6. The van der Waals surface area contributed by atoms with E-state index in [1.54, 1.807) is 12.1 Å². The quantitative estimate of drug-likeness (QED) is 0.436. The summed E-state index contributed by atoms with van der Waals surface area (Å²) in [5.74, 6) is -0.159. The summed E-state index contributed by atoms with van der Waals surface area (Å²) in [4.78, 5) is 22.4. The molecule has 0 bridgehead atoms. The maximum Gasteiger partial charge on any atom is 0.248 e. The van der Waals surface area contributed by atoms with Gasteiger partial charge in [-0.3, -0.25) is 9.59 Å². The number of benzene rings is 1. The molecule has 1 saturated carbocycles. The summed E-state index contributed by atoms with van der Waals surface area (Å²) < 4.78 is 0. The summed E-state index contributed by atoms with van der Waals surface area (Å²) in [6.07, 6.45) is 2.00. The van der Waals surface area contributed by atoms with Gasteiger partial charge < -0.3 is 22.1 Å². The first-order valence-corrected chi connectivity index (χ1v) is 6.29. The Kier molecular flexibility index (Phi) is 3.89. The molecule has 0 atom stereocenters. The molecular formula is C13H18N4O2. The number of nitrogens with one attached hydrogen (secondary N) is 2. The van der Waals surface area contributed by atoms with Crippen LogP contribution in [0.1, 0.15) is 23.2 Å². The van der Waals surface area contributed by atoms with E-state index in [4.69, 9.17) is 11.5 Å². The van der Waals surface area contributed by atoms with Gasteiger partial charge in [-0.2, -0.15) is 0 Å². The van der Waals surface area contributed by atoms with E-state index in [2.05, 4.69) is 10.6 Å². The van der Waals surface area contributed by atoms with Crippen LogP contribution in [-0.4, -0.2) is 24.9 Å². The molecule has 0 aromatic heterocycles. The molecular weight excluding hydrogens is 244 g/mol. The van der Waals surface area contributed by atoms with Crippen molar-refractivity contribution in [2.75, 3.05) is 24.1 Å². The van der Waals surface area contributed by atoms with Crippen molar-refractivity contribution >= 4 is 23.2 Å². The molecule has 1 aromatic carbocycles. The van der Waals surface area contributed by atoms with Gasteiger partial charge in [-0.25, -0.2) is 0 Å². The smallest absolute Gasteiger partial charge is 0.248 e. The Morgan fingerprint density at radius 2 is 2.00 bits per heavy atom. The molecule has 6 N–H and O–H groups in total. The number of hydrogen-bond acceptors (Lipinski definition) is 4. The Bertz CT molecular complexity index is 497. The molecule has 6 nitrogen and oxygen atoms in total. The summed E-state index contributed by atoms with van der Waals surface area (Å²) >= 11 is 0. The largest absolute Gasteiger partial charge is 0.397 e. The first-order valence-electron chi connectivity index (χ1n) is 6.29. The van der Waals surface area contributed by atoms with E-state index in [0.717, 1.165) is 18.5 Å². The maximum absolute atomic E-state index is 11.4. The highest BCUT2D eigenvalue weighted by Crippen LogP contribution is 2.28. The first kappa shape index (κ1) is 13.2. The van der Waals surface area contributed by atoms with Gasteiger partial charge in [0.05, 0.1) is 11.4 Å². The van der Waals surface area contributed by atoms with Gasteiger partial charge in [-0.05, 0) is 31.0 Å². The lowest BCUT2D eigenvalue weighted by Gasteiger charge is -2.10. The van der Waals surface area contributed by atoms with E-state index in [1.165, 1.54) is 6.07 Å². The van der Waals surface area contributed by atoms with Crippen LogP contribution in [0, 0.1) is 5.92 Å². The maximum atomic E-state index is 11.4. The van der Waals surface area contributed by atoms with Crippen molar-refractivity contribution < 1.29 is 9.59 Å². The Labute approximate surface area is 111 Å². The van der Waals surface area contributed by atoms with Crippen molar-refractivity contribution in [3.8, 4) is 0 Å². The van der Waals surface area contributed by atoms with Crippen molar-refractivity contribution in [2.45, 2.75) is 12.8 Å². The third-order valence-corrected chi connectivity index (χ3v) is 3.02. The molecule has 1 aromatic rings. The molecule has 19 heavy (non-hydrogen) atoms. The van der Waals surface area contributed by atoms with E-state index in [0.29, 0.717) is 24.3 Å². The highest BCUT2D eigenvalue weighted by atomic mass is 16.2. The topological polar surface area (TPSA) is 110 Å². The summed E-state index contributed by atoms with van der Waals surface area (Å²) in [5.41, 5.74) is 12.5. The number of carbonyl (C=O) groups excluding carboxylic acids is 2. The van der Waals surface area contributed by atoms with E-state index in [1.807, 2.05) is 0 Å². The summed E-state index contributed by atoms with van der Waals surface area (Å²) in [5, 5.41) is 5.95. The lowest BCUT2D eigenvalue weighted by molar-refractivity contribution is -0.122. The van der Waals surface area contributed by atoms with Crippen molar-refractivity contribution in [3.63, 3.8) is 0 Å². The second-order valence-corrected chi connectivity index (χ2v) is 4.66. The van der Waals surface area contributed by atoms with Crippen molar-refractivity contribution in [3.05, 3.63) is 23.8 Å². The van der Waals surface area contributed by atoms with Crippen molar-refractivity contribution in [1.82, 2.24) is 5.32 Å². The molecule has 0 saturated heterocycles. The van der Waals surface area contributed by atoms with Crippen LogP contribution in [0.5, 0.6) is 0 Å². The molecule has 102 valence electrons. The van der Waals surface area contributed by atoms with E-state index in [-0.39, 0.29) is 11.8 Å². The average Bonchev–Trinajstić information content (AvgIpc) is 3.19. The molecule has 0 spiro atoms. The molecule has 1 aliphatic rings. The molecule has 0 radical (unpaired) electrons. The standard InChI is InChI=1S/C13H18N4O2/c14-10-7-9(12(15)18)3-4-11(10)16-5-6-17-13(19)8-1-2-8/h3-4,7-8,16H,1-2,5-6,14H2,(H2,15,18)(H,17,19). The van der Waals surface area contributed by atoms with Crippen LogP contribution >= 0.6 is 0 Å². The molecule has 2 rings (SSSR count). The minimum absolute atomic E-state index is 0.124. The van der Waals surface area contributed by atoms with Gasteiger partial charge in [0.1, 0.15) is 0 Å². The van der Waals surface area contributed by atoms with Crippen molar-refractivity contribution in [2.24, 2.45) is 11.7 Å². The Balaban J connectivity index is 1.79. The molecule has 0 unspecified atom stereocenters. The fraction of sp³-hybridized carbons (Fsp3) is 0.385.